The van der Waals surface area contributed by atoms with Crippen LogP contribution in [0.1, 0.15) is 37.8 Å². The van der Waals surface area contributed by atoms with Crippen molar-refractivity contribution in [2.75, 3.05) is 31.6 Å². The Morgan fingerprint density at radius 2 is 1.56 bits per heavy atom. The third-order valence-electron chi connectivity index (χ3n) is 6.80. The summed E-state index contributed by atoms with van der Waals surface area (Å²) in [6.07, 6.45) is 1.10. The van der Waals surface area contributed by atoms with Gasteiger partial charge in [0.05, 0.1) is 24.8 Å². The molecule has 0 saturated heterocycles. The van der Waals surface area contributed by atoms with Gasteiger partial charge in [-0.1, -0.05) is 56.3 Å². The first-order chi connectivity index (χ1) is 19.7. The quantitative estimate of drug-likeness (QED) is 0.300. The van der Waals surface area contributed by atoms with Crippen LogP contribution in [0.4, 0.5) is 5.69 Å². The van der Waals surface area contributed by atoms with Gasteiger partial charge in [-0.05, 0) is 55.2 Å². The van der Waals surface area contributed by atoms with E-state index in [4.69, 9.17) is 9.47 Å². The highest BCUT2D eigenvalue weighted by atomic mass is 32.2. The number of hydrogen-bond acceptors (Lipinski definition) is 6. The summed E-state index contributed by atoms with van der Waals surface area (Å²) in [7, 11) is -1.25. The van der Waals surface area contributed by atoms with E-state index in [1.807, 2.05) is 45.0 Å². The Bertz CT molecular complexity index is 1430. The largest absolute Gasteiger partial charge is 0.493 e. The molecule has 0 aromatic heterocycles. The van der Waals surface area contributed by atoms with Gasteiger partial charge < -0.3 is 19.7 Å². The fraction of sp³-hybridized carbons (Fsp3) is 0.355. The maximum absolute atomic E-state index is 14.2. The highest BCUT2D eigenvalue weighted by Gasteiger charge is 2.34. The maximum atomic E-state index is 14.2. The number of methoxy groups -OCH3 is 2. The van der Waals surface area contributed by atoms with E-state index in [0.717, 1.165) is 21.9 Å². The Kier molecular flexibility index (Phi) is 11.2. The highest BCUT2D eigenvalue weighted by molar-refractivity contribution is 7.92. The number of benzene rings is 3. The maximum Gasteiger partial charge on any atom is 0.264 e. The highest BCUT2D eigenvalue weighted by Crippen LogP contribution is 2.34. The summed E-state index contributed by atoms with van der Waals surface area (Å²) in [5, 5.41) is 2.89. The van der Waals surface area contributed by atoms with Crippen molar-refractivity contribution < 1.29 is 27.5 Å². The summed E-state index contributed by atoms with van der Waals surface area (Å²) in [4.78, 5) is 28.9. The second-order valence-corrected chi connectivity index (χ2v) is 11.4. The molecule has 0 heterocycles. The van der Waals surface area contributed by atoms with Gasteiger partial charge in [0.15, 0.2) is 11.5 Å². The van der Waals surface area contributed by atoms with Crippen molar-refractivity contribution >= 4 is 27.5 Å². The topological polar surface area (TPSA) is 105 Å². The monoisotopic (exact) mass is 581 g/mol. The molecule has 0 spiro atoms. The van der Waals surface area contributed by atoms with E-state index in [1.54, 1.807) is 30.3 Å². The molecule has 1 unspecified atom stereocenters. The molecule has 3 rings (SSSR count). The lowest BCUT2D eigenvalue weighted by atomic mass is 10.1. The number of hydrogen-bond donors (Lipinski definition) is 1. The van der Waals surface area contributed by atoms with Gasteiger partial charge in [-0.2, -0.15) is 0 Å². The number of aryl methyl sites for hydroxylation is 1. The van der Waals surface area contributed by atoms with E-state index in [1.165, 1.54) is 37.3 Å². The van der Waals surface area contributed by atoms with Crippen molar-refractivity contribution in [2.45, 2.75) is 51.1 Å². The van der Waals surface area contributed by atoms with Crippen LogP contribution in [0.2, 0.25) is 0 Å². The van der Waals surface area contributed by atoms with Gasteiger partial charge in [0, 0.05) is 19.2 Å². The third kappa shape index (κ3) is 7.58. The molecule has 41 heavy (non-hydrogen) atoms. The zero-order valence-corrected chi connectivity index (χ0v) is 25.1. The van der Waals surface area contributed by atoms with Gasteiger partial charge in [0.1, 0.15) is 12.6 Å². The minimum absolute atomic E-state index is 0.0285. The zero-order valence-electron chi connectivity index (χ0n) is 24.3. The molecule has 220 valence electrons. The summed E-state index contributed by atoms with van der Waals surface area (Å²) in [5.41, 5.74) is 2.05. The van der Waals surface area contributed by atoms with E-state index in [2.05, 4.69) is 5.32 Å². The van der Waals surface area contributed by atoms with Gasteiger partial charge in [0.2, 0.25) is 11.8 Å². The first kappa shape index (κ1) is 31.5. The zero-order chi connectivity index (χ0) is 30.0. The standard InChI is InChI=1S/C31H39N3O6S/c1-6-19-32-31(36)27(7-2)33(21-24-14-12-11-13-23(24)3)30(35)22-34(41(37,38)26-15-9-8-10-16-26)25-17-18-28(39-4)29(20-25)40-5/h8-18,20,27H,6-7,19,21-22H2,1-5H3,(H,32,36). The van der Waals surface area contributed by atoms with Crippen LogP contribution in [0.3, 0.4) is 0 Å². The molecule has 2 amide bonds. The summed E-state index contributed by atoms with van der Waals surface area (Å²) < 4.78 is 39.8. The fourth-order valence-corrected chi connectivity index (χ4v) is 5.91. The number of anilines is 1. The molecular formula is C31H39N3O6S. The lowest BCUT2D eigenvalue weighted by molar-refractivity contribution is -0.140. The predicted octanol–water partition coefficient (Wildman–Crippen LogP) is 4.54. The van der Waals surface area contributed by atoms with Crippen molar-refractivity contribution in [3.05, 3.63) is 83.9 Å². The smallest absolute Gasteiger partial charge is 0.264 e. The normalized spacial score (nSPS) is 11.8. The lowest BCUT2D eigenvalue weighted by Crippen LogP contribution is -2.52. The summed E-state index contributed by atoms with van der Waals surface area (Å²) in [5.74, 6) is -0.0618. The molecule has 0 aliphatic heterocycles. The van der Waals surface area contributed by atoms with Crippen molar-refractivity contribution in [1.29, 1.82) is 0 Å². The molecule has 9 nitrogen and oxygen atoms in total. The van der Waals surface area contributed by atoms with Crippen LogP contribution in [0.25, 0.3) is 0 Å². The molecular weight excluding hydrogens is 542 g/mol. The van der Waals surface area contributed by atoms with Crippen LogP contribution < -0.4 is 19.1 Å². The molecule has 0 saturated carbocycles. The molecule has 0 aliphatic rings. The molecule has 10 heteroatoms. The Balaban J connectivity index is 2.11. The lowest BCUT2D eigenvalue weighted by Gasteiger charge is -2.33. The molecule has 3 aromatic rings. The predicted molar refractivity (Wildman–Crippen MR) is 160 cm³/mol. The second kappa shape index (κ2) is 14.5. The van der Waals surface area contributed by atoms with E-state index >= 15 is 0 Å². The van der Waals surface area contributed by atoms with Gasteiger partial charge in [-0.15, -0.1) is 0 Å². The Labute approximate surface area is 243 Å². The van der Waals surface area contributed by atoms with Gasteiger partial charge in [0.25, 0.3) is 10.0 Å². The third-order valence-corrected chi connectivity index (χ3v) is 8.59. The molecule has 0 radical (unpaired) electrons. The first-order valence-corrected chi connectivity index (χ1v) is 15.0. The van der Waals surface area contributed by atoms with Crippen LogP contribution in [-0.4, -0.2) is 58.5 Å². The van der Waals surface area contributed by atoms with Crippen LogP contribution in [0.15, 0.2) is 77.7 Å². The Hall–Kier alpha value is -4.05. The first-order valence-electron chi connectivity index (χ1n) is 13.6. The average molecular weight is 582 g/mol. The summed E-state index contributed by atoms with van der Waals surface area (Å²) in [6, 6.07) is 19.4. The van der Waals surface area contributed by atoms with Gasteiger partial charge in [-0.3, -0.25) is 13.9 Å². The van der Waals surface area contributed by atoms with Crippen LogP contribution in [0, 0.1) is 6.92 Å². The summed E-state index contributed by atoms with van der Waals surface area (Å²) in [6.45, 7) is 5.81. The van der Waals surface area contributed by atoms with E-state index in [0.29, 0.717) is 24.5 Å². The van der Waals surface area contributed by atoms with Crippen LogP contribution in [-0.2, 0) is 26.2 Å². The number of carbonyl (C=O) groups excluding carboxylic acids is 2. The van der Waals surface area contributed by atoms with Gasteiger partial charge >= 0.3 is 0 Å². The number of rotatable bonds is 14. The Morgan fingerprint density at radius 1 is 0.902 bits per heavy atom. The van der Waals surface area contributed by atoms with Crippen molar-refractivity contribution in [3.8, 4) is 11.5 Å². The number of nitrogens with one attached hydrogen (secondary N) is 1. The van der Waals surface area contributed by atoms with Gasteiger partial charge in [-0.25, -0.2) is 8.42 Å². The molecule has 0 fully saturated rings. The van der Waals surface area contributed by atoms with Crippen LogP contribution >= 0.6 is 0 Å². The van der Waals surface area contributed by atoms with Crippen molar-refractivity contribution in [2.24, 2.45) is 0 Å². The molecule has 1 atom stereocenters. The molecule has 3 aromatic carbocycles. The number of ether oxygens (including phenoxy) is 2. The summed E-state index contributed by atoms with van der Waals surface area (Å²) >= 11 is 0. The number of sulfonamides is 1. The van der Waals surface area contributed by atoms with Crippen molar-refractivity contribution in [1.82, 2.24) is 10.2 Å². The Morgan fingerprint density at radius 3 is 2.17 bits per heavy atom. The average Bonchev–Trinajstić information content (AvgIpc) is 2.99. The van der Waals surface area contributed by atoms with E-state index in [-0.39, 0.29) is 23.0 Å². The fourth-order valence-electron chi connectivity index (χ4n) is 4.48. The second-order valence-electron chi connectivity index (χ2n) is 9.53. The van der Waals surface area contributed by atoms with Crippen molar-refractivity contribution in [3.63, 3.8) is 0 Å². The van der Waals surface area contributed by atoms with E-state index < -0.39 is 28.5 Å². The molecule has 1 N–H and O–H groups in total. The number of amides is 2. The van der Waals surface area contributed by atoms with E-state index in [9.17, 15) is 18.0 Å². The van der Waals surface area contributed by atoms with Crippen LogP contribution in [0.5, 0.6) is 11.5 Å². The molecule has 0 aliphatic carbocycles. The SMILES string of the molecule is CCCNC(=O)C(CC)N(Cc1ccccc1C)C(=O)CN(c1ccc(OC)c(OC)c1)S(=O)(=O)c1ccccc1. The number of carbonyl (C=O) groups is 2. The molecule has 0 bridgehead atoms. The number of nitrogens with zero attached hydrogens (tertiary/aromatic N) is 2. The minimum Gasteiger partial charge on any atom is -0.493 e. The minimum atomic E-state index is -4.19.